The van der Waals surface area contributed by atoms with E-state index in [1.807, 2.05) is 13.0 Å². The molecule has 1 aliphatic rings. The Bertz CT molecular complexity index is 510. The molecule has 1 atom stereocenters. The van der Waals surface area contributed by atoms with E-state index in [1.165, 1.54) is 11.9 Å². The second kappa shape index (κ2) is 6.23. The minimum Gasteiger partial charge on any atom is -0.480 e. The molecule has 1 aliphatic heterocycles. The lowest BCUT2D eigenvalue weighted by molar-refractivity contribution is -0.139. The third-order valence-electron chi connectivity index (χ3n) is 3.30. The summed E-state index contributed by atoms with van der Waals surface area (Å²) >= 11 is 0. The first-order chi connectivity index (χ1) is 9.56. The Morgan fingerprint density at radius 3 is 2.95 bits per heavy atom. The first-order valence-corrected chi connectivity index (χ1v) is 6.47. The van der Waals surface area contributed by atoms with Crippen LogP contribution in [-0.2, 0) is 11.2 Å². The topological polar surface area (TPSA) is 98.3 Å². The molecule has 1 aromatic rings. The highest BCUT2D eigenvalue weighted by atomic mass is 16.4. The highest BCUT2D eigenvalue weighted by molar-refractivity contribution is 5.83. The summed E-state index contributed by atoms with van der Waals surface area (Å²) in [5.41, 5.74) is 1.92. The molecule has 0 unspecified atom stereocenters. The van der Waals surface area contributed by atoms with Crippen molar-refractivity contribution < 1.29 is 14.7 Å². The predicted octanol–water partition coefficient (Wildman–Crippen LogP) is 0.767. The van der Waals surface area contributed by atoms with Crippen molar-refractivity contribution in [3.8, 4) is 0 Å². The van der Waals surface area contributed by atoms with Gasteiger partial charge in [0.2, 0.25) is 0 Å². The number of nitrogens with one attached hydrogen (secondary N) is 2. The lowest BCUT2D eigenvalue weighted by Crippen LogP contribution is -2.49. The van der Waals surface area contributed by atoms with Crippen molar-refractivity contribution in [2.45, 2.75) is 25.8 Å². The minimum atomic E-state index is -1.06. The van der Waals surface area contributed by atoms with E-state index >= 15 is 0 Å². The monoisotopic (exact) mass is 278 g/mol. The Labute approximate surface area is 116 Å². The molecule has 0 saturated carbocycles. The van der Waals surface area contributed by atoms with Crippen molar-refractivity contribution in [3.05, 3.63) is 29.9 Å². The number of imidazole rings is 1. The Balaban J connectivity index is 1.94. The number of carbonyl (C=O) groups is 2. The zero-order chi connectivity index (χ0) is 14.5. The molecule has 2 rings (SSSR count). The molecule has 108 valence electrons. The zero-order valence-electron chi connectivity index (χ0n) is 11.3. The summed E-state index contributed by atoms with van der Waals surface area (Å²) in [7, 11) is 0. The molecule has 3 N–H and O–H groups in total. The van der Waals surface area contributed by atoms with E-state index in [4.69, 9.17) is 0 Å². The number of hydrogen-bond donors (Lipinski definition) is 3. The summed E-state index contributed by atoms with van der Waals surface area (Å²) < 4.78 is 0. The van der Waals surface area contributed by atoms with E-state index in [1.54, 1.807) is 11.1 Å². The van der Waals surface area contributed by atoms with Crippen molar-refractivity contribution in [2.24, 2.45) is 0 Å². The van der Waals surface area contributed by atoms with E-state index < -0.39 is 12.0 Å². The maximum Gasteiger partial charge on any atom is 0.326 e. The van der Waals surface area contributed by atoms with Gasteiger partial charge in [-0.2, -0.15) is 0 Å². The van der Waals surface area contributed by atoms with E-state index in [0.717, 1.165) is 6.42 Å². The smallest absolute Gasteiger partial charge is 0.326 e. The van der Waals surface area contributed by atoms with Gasteiger partial charge in [-0.15, -0.1) is 0 Å². The van der Waals surface area contributed by atoms with Crippen LogP contribution in [0.3, 0.4) is 0 Å². The number of nitrogens with zero attached hydrogens (tertiary/aromatic N) is 2. The maximum atomic E-state index is 12.0. The largest absolute Gasteiger partial charge is 0.480 e. The summed E-state index contributed by atoms with van der Waals surface area (Å²) in [6.07, 6.45) is 6.02. The number of rotatable bonds is 4. The fraction of sp³-hybridized carbons (Fsp3) is 0.462. The number of carboxylic acids is 1. The van der Waals surface area contributed by atoms with Crippen LogP contribution in [0.25, 0.3) is 0 Å². The molecule has 0 aliphatic carbocycles. The number of aromatic nitrogens is 2. The SMILES string of the molecule is CC1=CCN(C(=O)N[C@H](Cc2cnc[nH]2)C(=O)O)CC1. The quantitative estimate of drug-likeness (QED) is 0.708. The van der Waals surface area contributed by atoms with Gasteiger partial charge in [0, 0.05) is 31.4 Å². The van der Waals surface area contributed by atoms with Crippen molar-refractivity contribution in [1.29, 1.82) is 0 Å². The van der Waals surface area contributed by atoms with Gasteiger partial charge in [0.25, 0.3) is 0 Å². The van der Waals surface area contributed by atoms with E-state index in [9.17, 15) is 14.7 Å². The predicted molar refractivity (Wildman–Crippen MR) is 72.2 cm³/mol. The van der Waals surface area contributed by atoms with Crippen molar-refractivity contribution in [3.63, 3.8) is 0 Å². The lowest BCUT2D eigenvalue weighted by Gasteiger charge is -2.27. The highest BCUT2D eigenvalue weighted by Gasteiger charge is 2.24. The fourth-order valence-corrected chi connectivity index (χ4v) is 2.01. The minimum absolute atomic E-state index is 0.184. The second-order valence-corrected chi connectivity index (χ2v) is 4.87. The summed E-state index contributed by atoms with van der Waals surface area (Å²) in [4.78, 5) is 31.5. The fourth-order valence-electron chi connectivity index (χ4n) is 2.01. The zero-order valence-corrected chi connectivity index (χ0v) is 11.3. The Kier molecular flexibility index (Phi) is 4.39. The molecule has 7 nitrogen and oxygen atoms in total. The molecular weight excluding hydrogens is 260 g/mol. The van der Waals surface area contributed by atoms with Gasteiger partial charge >= 0.3 is 12.0 Å². The normalized spacial score (nSPS) is 16.4. The van der Waals surface area contributed by atoms with Crippen molar-refractivity contribution in [1.82, 2.24) is 20.2 Å². The van der Waals surface area contributed by atoms with Gasteiger partial charge in [0.05, 0.1) is 6.33 Å². The standard InChI is InChI=1S/C13H18N4O3/c1-9-2-4-17(5-3-9)13(20)16-11(12(18)19)6-10-7-14-8-15-10/h2,7-8,11H,3-6H2,1H3,(H,14,15)(H,16,20)(H,18,19)/t11-/m1/s1. The highest BCUT2D eigenvalue weighted by Crippen LogP contribution is 2.10. The number of urea groups is 1. The Morgan fingerprint density at radius 1 is 1.60 bits per heavy atom. The summed E-state index contributed by atoms with van der Waals surface area (Å²) in [5, 5.41) is 11.7. The average Bonchev–Trinajstić information content (AvgIpc) is 2.91. The molecule has 2 amide bonds. The Morgan fingerprint density at radius 2 is 2.40 bits per heavy atom. The van der Waals surface area contributed by atoms with Gasteiger partial charge < -0.3 is 20.3 Å². The summed E-state index contributed by atoms with van der Waals surface area (Å²) in [6, 6.07) is -1.31. The van der Waals surface area contributed by atoms with Crippen LogP contribution in [0.5, 0.6) is 0 Å². The number of H-pyrrole nitrogens is 1. The third kappa shape index (κ3) is 3.59. The van der Waals surface area contributed by atoms with E-state index in [-0.39, 0.29) is 12.5 Å². The maximum absolute atomic E-state index is 12.0. The van der Waals surface area contributed by atoms with Gasteiger partial charge in [-0.3, -0.25) is 0 Å². The number of carboxylic acid groups (broad SMARTS) is 1. The first-order valence-electron chi connectivity index (χ1n) is 6.47. The van der Waals surface area contributed by atoms with Gasteiger partial charge in [-0.05, 0) is 13.3 Å². The van der Waals surface area contributed by atoms with Gasteiger partial charge in [-0.25, -0.2) is 14.6 Å². The van der Waals surface area contributed by atoms with Crippen LogP contribution in [-0.4, -0.2) is 51.1 Å². The van der Waals surface area contributed by atoms with Crippen LogP contribution in [0.1, 0.15) is 19.0 Å². The first kappa shape index (κ1) is 14.1. The molecule has 7 heteroatoms. The molecule has 0 spiro atoms. The summed E-state index contributed by atoms with van der Waals surface area (Å²) in [6.45, 7) is 3.16. The van der Waals surface area contributed by atoms with Crippen LogP contribution in [0.15, 0.2) is 24.2 Å². The molecule has 1 aromatic heterocycles. The van der Waals surface area contributed by atoms with E-state index in [2.05, 4.69) is 15.3 Å². The molecule has 2 heterocycles. The molecule has 0 saturated heterocycles. The van der Waals surface area contributed by atoms with Crippen LogP contribution < -0.4 is 5.32 Å². The van der Waals surface area contributed by atoms with Gasteiger partial charge in [0.15, 0.2) is 0 Å². The van der Waals surface area contributed by atoms with Crippen molar-refractivity contribution in [2.75, 3.05) is 13.1 Å². The molecule has 0 radical (unpaired) electrons. The molecular formula is C13H18N4O3. The molecule has 0 aromatic carbocycles. The summed E-state index contributed by atoms with van der Waals surface area (Å²) in [5.74, 6) is -1.06. The Hall–Kier alpha value is -2.31. The van der Waals surface area contributed by atoms with Gasteiger partial charge in [0.1, 0.15) is 6.04 Å². The third-order valence-corrected chi connectivity index (χ3v) is 3.30. The average molecular weight is 278 g/mol. The number of aliphatic carboxylic acids is 1. The van der Waals surface area contributed by atoms with E-state index in [0.29, 0.717) is 18.8 Å². The number of amides is 2. The van der Waals surface area contributed by atoms with Crippen LogP contribution in [0.4, 0.5) is 4.79 Å². The van der Waals surface area contributed by atoms with Gasteiger partial charge in [-0.1, -0.05) is 11.6 Å². The van der Waals surface area contributed by atoms with Crippen molar-refractivity contribution >= 4 is 12.0 Å². The molecule has 20 heavy (non-hydrogen) atoms. The number of carbonyl (C=O) groups excluding carboxylic acids is 1. The molecule has 0 bridgehead atoms. The number of aromatic amines is 1. The number of hydrogen-bond acceptors (Lipinski definition) is 3. The lowest BCUT2D eigenvalue weighted by atomic mass is 10.1. The molecule has 0 fully saturated rings. The van der Waals surface area contributed by atoms with Crippen LogP contribution in [0.2, 0.25) is 0 Å². The second-order valence-electron chi connectivity index (χ2n) is 4.87. The van der Waals surface area contributed by atoms with Crippen LogP contribution >= 0.6 is 0 Å². The van der Waals surface area contributed by atoms with Crippen LogP contribution in [0, 0.1) is 0 Å².